The van der Waals surface area contributed by atoms with Gasteiger partial charge in [-0.3, -0.25) is 9.59 Å². The number of halogens is 4. The van der Waals surface area contributed by atoms with Gasteiger partial charge in [-0.15, -0.1) is 0 Å². The lowest BCUT2D eigenvalue weighted by atomic mass is 9.98. The van der Waals surface area contributed by atoms with Crippen molar-refractivity contribution in [2.24, 2.45) is 0 Å². The van der Waals surface area contributed by atoms with E-state index in [0.717, 1.165) is 32.5 Å². The molecule has 3 aromatic carbocycles. The Morgan fingerprint density at radius 3 is 2.35 bits per heavy atom. The summed E-state index contributed by atoms with van der Waals surface area (Å²) in [5.74, 6) is -1.43. The Balaban J connectivity index is 1.68. The van der Waals surface area contributed by atoms with Crippen LogP contribution in [0.25, 0.3) is 11.1 Å². The quantitative estimate of drug-likeness (QED) is 0.0824. The molecule has 48 heavy (non-hydrogen) atoms. The third kappa shape index (κ3) is 8.54. The molecule has 0 radical (unpaired) electrons. The second-order valence-corrected chi connectivity index (χ2v) is 11.7. The lowest BCUT2D eigenvalue weighted by Crippen LogP contribution is -2.40. The van der Waals surface area contributed by atoms with Gasteiger partial charge in [0.15, 0.2) is 5.16 Å². The van der Waals surface area contributed by atoms with E-state index in [1.54, 1.807) is 0 Å². The number of likely N-dealkylation sites (N-methyl/N-ethyl adjacent to an activating group) is 1. The zero-order valence-corrected chi connectivity index (χ0v) is 27.1. The van der Waals surface area contributed by atoms with Crippen molar-refractivity contribution in [2.45, 2.75) is 70.2 Å². The maximum atomic E-state index is 14.7. The molecule has 5 rings (SSSR count). The largest absolute Gasteiger partial charge is 0.416 e. The van der Waals surface area contributed by atoms with E-state index in [2.05, 4.69) is 4.98 Å². The van der Waals surface area contributed by atoms with Gasteiger partial charge in [0.05, 0.1) is 17.9 Å². The molecule has 4 aromatic rings. The van der Waals surface area contributed by atoms with Crippen LogP contribution in [0.4, 0.5) is 17.6 Å². The normalized spacial score (nSPS) is 17.6. The predicted octanol–water partition coefficient (Wildman–Crippen LogP) is 7.53. The van der Waals surface area contributed by atoms with Gasteiger partial charge in [-0.05, 0) is 85.2 Å². The fourth-order valence-electron chi connectivity index (χ4n) is 5.12. The SMILES string of the molecule is [2H]c1c([2H])c(C([2H])([2H])N(CCN(C([2H])([2H])C)C([2H])([2H])C)C(=O)Cn2c(SCc3ccc(F)cc3)nc(=O)c3c2CCC3)c([2H])c([2H])c1-c1c([2H])c([2H])c(C(F)(F)F)c(C)c1[2H]. The van der Waals surface area contributed by atoms with E-state index < -0.39 is 133 Å². The second-order valence-electron chi connectivity index (χ2n) is 10.7. The minimum absolute atomic E-state index is 0.0341. The Morgan fingerprint density at radius 1 is 1.00 bits per heavy atom. The Bertz CT molecular complexity index is 2370. The summed E-state index contributed by atoms with van der Waals surface area (Å²) < 4.78 is 169. The number of amides is 1. The Kier molecular flexibility index (Phi) is 7.07. The van der Waals surface area contributed by atoms with Crippen molar-refractivity contribution in [3.63, 3.8) is 0 Å². The number of hydrogen-bond acceptors (Lipinski definition) is 5. The molecule has 1 amide bonds. The Morgan fingerprint density at radius 2 is 1.69 bits per heavy atom. The van der Waals surface area contributed by atoms with Crippen LogP contribution in [0.1, 0.15) is 71.6 Å². The monoisotopic (exact) mass is 693 g/mol. The van der Waals surface area contributed by atoms with Gasteiger partial charge in [-0.2, -0.15) is 18.2 Å². The molecule has 1 aromatic heterocycles. The zero-order valence-electron chi connectivity index (χ0n) is 39.3. The first-order valence-electron chi connectivity index (χ1n) is 21.4. The third-order valence-electron chi connectivity index (χ3n) is 7.57. The van der Waals surface area contributed by atoms with Crippen molar-refractivity contribution in [2.75, 3.05) is 26.1 Å². The molecule has 0 spiro atoms. The molecule has 0 fully saturated rings. The topological polar surface area (TPSA) is 58.4 Å². The van der Waals surface area contributed by atoms with Crippen LogP contribution in [0.5, 0.6) is 0 Å². The van der Waals surface area contributed by atoms with E-state index in [1.165, 1.54) is 28.8 Å². The average molecular weight is 694 g/mol. The van der Waals surface area contributed by atoms with Crippen molar-refractivity contribution in [3.8, 4) is 11.1 Å². The van der Waals surface area contributed by atoms with E-state index in [9.17, 15) is 29.9 Å². The van der Waals surface area contributed by atoms with Crippen molar-refractivity contribution in [1.29, 1.82) is 0 Å². The molecule has 0 bridgehead atoms. The highest BCUT2D eigenvalue weighted by molar-refractivity contribution is 7.98. The number of nitrogens with zero attached hydrogens (tertiary/aromatic N) is 4. The maximum absolute atomic E-state index is 14.7. The summed E-state index contributed by atoms with van der Waals surface area (Å²) in [6.45, 7) is -7.47. The summed E-state index contributed by atoms with van der Waals surface area (Å²) in [6, 6.07) is -2.67. The molecule has 6 nitrogen and oxygen atoms in total. The molecular formula is C37H40F4N4O2S. The number of fused-ring (bicyclic) bond motifs is 1. The Labute approximate surface area is 301 Å². The van der Waals surface area contributed by atoms with Crippen LogP contribution in [0.3, 0.4) is 0 Å². The van der Waals surface area contributed by atoms with Crippen molar-refractivity contribution >= 4 is 17.7 Å². The summed E-state index contributed by atoms with van der Waals surface area (Å²) in [5.41, 5.74) is -4.40. The maximum Gasteiger partial charge on any atom is 0.416 e. The number of alkyl halides is 3. The first-order valence-corrected chi connectivity index (χ1v) is 15.9. The van der Waals surface area contributed by atoms with Gasteiger partial charge in [-0.1, -0.05) is 74.0 Å². The summed E-state index contributed by atoms with van der Waals surface area (Å²) in [4.78, 5) is 33.1. The lowest BCUT2D eigenvalue weighted by Gasteiger charge is -2.28. The smallest absolute Gasteiger partial charge is 0.336 e. The van der Waals surface area contributed by atoms with Crippen LogP contribution < -0.4 is 5.56 Å². The zero-order chi connectivity index (χ0) is 45.9. The molecule has 1 aliphatic carbocycles. The van der Waals surface area contributed by atoms with Crippen LogP contribution in [0.15, 0.2) is 76.5 Å². The molecule has 0 saturated carbocycles. The number of thioether (sulfide) groups is 1. The van der Waals surface area contributed by atoms with Gasteiger partial charge in [0.1, 0.15) is 12.4 Å². The number of aromatic nitrogens is 2. The summed E-state index contributed by atoms with van der Waals surface area (Å²) in [7, 11) is 0. The van der Waals surface area contributed by atoms with Gasteiger partial charge in [-0.25, -0.2) is 4.39 Å². The molecule has 254 valence electrons. The van der Waals surface area contributed by atoms with Crippen molar-refractivity contribution in [1.82, 2.24) is 19.4 Å². The van der Waals surface area contributed by atoms with E-state index in [0.29, 0.717) is 45.9 Å². The number of carbonyl (C=O) groups excluding carboxylic acids is 1. The highest BCUT2D eigenvalue weighted by Gasteiger charge is 2.32. The van der Waals surface area contributed by atoms with Gasteiger partial charge in [0, 0.05) is 42.1 Å². The molecule has 0 N–H and O–H groups in total. The van der Waals surface area contributed by atoms with Crippen LogP contribution >= 0.6 is 11.8 Å². The first-order chi connectivity index (χ1) is 28.0. The lowest BCUT2D eigenvalue weighted by molar-refractivity contribution is -0.138. The standard InChI is InChI=1S/C37H40F4N4O2S/c1-4-43(5-2)19-20-44(22-26-9-13-28(14-10-26)29-15-18-32(25(3)21-29)37(39,40)41)34(46)23-45-33-8-6-7-31(33)35(47)42-36(45)48-24-27-11-16-30(38)17-12-27/h9-18,21H,4-8,19-20,22-24H2,1-3H3/i4D2,5D2,9D,10D,13D,14D,15D,18D,21D,22D2. The fraction of sp³-hybridized carbons (Fsp3) is 0.378. The van der Waals surface area contributed by atoms with Crippen LogP contribution in [-0.2, 0) is 42.6 Å². The highest BCUT2D eigenvalue weighted by Crippen LogP contribution is 2.34. The van der Waals surface area contributed by atoms with Crippen LogP contribution in [-0.4, -0.2) is 51.3 Å². The number of carbonyl (C=O) groups is 1. The van der Waals surface area contributed by atoms with E-state index in [1.807, 2.05) is 0 Å². The average Bonchev–Trinajstić information content (AvgIpc) is 3.63. The third-order valence-corrected chi connectivity index (χ3v) is 8.62. The molecule has 1 aliphatic rings. The summed E-state index contributed by atoms with van der Waals surface area (Å²) in [6.07, 6.45) is -4.01. The second kappa shape index (κ2) is 15.5. The first kappa shape index (κ1) is 21.9. The molecular weight excluding hydrogens is 640 g/mol. The molecule has 0 saturated heterocycles. The number of hydrogen-bond donors (Lipinski definition) is 0. The molecule has 0 atom stereocenters. The van der Waals surface area contributed by atoms with Gasteiger partial charge in [0.25, 0.3) is 5.56 Å². The van der Waals surface area contributed by atoms with Crippen molar-refractivity contribution in [3.05, 3.63) is 116 Å². The minimum Gasteiger partial charge on any atom is -0.336 e. The minimum atomic E-state index is -5.16. The van der Waals surface area contributed by atoms with E-state index >= 15 is 0 Å². The van der Waals surface area contributed by atoms with E-state index in [4.69, 9.17) is 15.1 Å². The van der Waals surface area contributed by atoms with Crippen molar-refractivity contribution < 1.29 is 40.2 Å². The molecule has 1 heterocycles. The predicted molar refractivity (Wildman–Crippen MR) is 181 cm³/mol. The fourth-order valence-corrected chi connectivity index (χ4v) is 6.09. The Hall–Kier alpha value is -3.96. The summed E-state index contributed by atoms with van der Waals surface area (Å²) in [5, 5.41) is 0.0341. The molecule has 0 unspecified atom stereocenters. The molecule has 11 heteroatoms. The van der Waals surface area contributed by atoms with Crippen LogP contribution in [0.2, 0.25) is 0 Å². The van der Waals surface area contributed by atoms with Gasteiger partial charge >= 0.3 is 6.18 Å². The summed E-state index contributed by atoms with van der Waals surface area (Å²) >= 11 is 1.02. The number of benzene rings is 3. The highest BCUT2D eigenvalue weighted by atomic mass is 32.2. The van der Waals surface area contributed by atoms with Crippen LogP contribution in [0, 0.1) is 12.7 Å². The van der Waals surface area contributed by atoms with Gasteiger partial charge in [0.2, 0.25) is 5.91 Å². The molecule has 0 aliphatic heterocycles. The van der Waals surface area contributed by atoms with Gasteiger partial charge < -0.3 is 14.4 Å². The number of rotatable bonds is 13. The van der Waals surface area contributed by atoms with E-state index in [-0.39, 0.29) is 10.9 Å².